The molecule has 0 radical (unpaired) electrons. The molecular weight excluding hydrogens is 214 g/mol. The Labute approximate surface area is 102 Å². The number of aryl methyl sites for hydroxylation is 1. The Morgan fingerprint density at radius 3 is 3.12 bits per heavy atom. The lowest BCUT2D eigenvalue weighted by Crippen LogP contribution is -2.12. The lowest BCUT2D eigenvalue weighted by molar-refractivity contribution is -0.137. The highest BCUT2D eigenvalue weighted by atomic mass is 16.4. The van der Waals surface area contributed by atoms with E-state index in [9.17, 15) is 4.79 Å². The van der Waals surface area contributed by atoms with Crippen molar-refractivity contribution in [2.75, 3.05) is 11.9 Å². The van der Waals surface area contributed by atoms with Crippen molar-refractivity contribution in [3.8, 4) is 0 Å². The molecular formula is C14H19NO2. The van der Waals surface area contributed by atoms with Crippen molar-refractivity contribution in [1.29, 1.82) is 0 Å². The van der Waals surface area contributed by atoms with Crippen LogP contribution in [-0.4, -0.2) is 17.6 Å². The fourth-order valence-electron chi connectivity index (χ4n) is 2.43. The Bertz CT molecular complexity index is 415. The quantitative estimate of drug-likeness (QED) is 0.840. The summed E-state index contributed by atoms with van der Waals surface area (Å²) in [6, 6.07) is 6.45. The number of rotatable bonds is 4. The number of nitrogens with one attached hydrogen (secondary N) is 1. The van der Waals surface area contributed by atoms with Crippen LogP contribution in [0.3, 0.4) is 0 Å². The monoisotopic (exact) mass is 233 g/mol. The number of carbonyl (C=O) groups is 1. The van der Waals surface area contributed by atoms with Crippen LogP contribution < -0.4 is 5.32 Å². The van der Waals surface area contributed by atoms with Gasteiger partial charge in [0.2, 0.25) is 0 Å². The molecule has 2 N–H and O–H groups in total. The van der Waals surface area contributed by atoms with E-state index in [1.54, 1.807) is 0 Å². The zero-order chi connectivity index (χ0) is 12.3. The van der Waals surface area contributed by atoms with Gasteiger partial charge in [0.1, 0.15) is 0 Å². The van der Waals surface area contributed by atoms with Gasteiger partial charge >= 0.3 is 5.97 Å². The third-order valence-corrected chi connectivity index (χ3v) is 3.22. The second kappa shape index (κ2) is 5.21. The topological polar surface area (TPSA) is 49.3 Å². The van der Waals surface area contributed by atoms with Crippen LogP contribution in [0.1, 0.15) is 30.9 Å². The minimum Gasteiger partial charge on any atom is -0.481 e. The molecule has 1 aliphatic rings. The number of carboxylic acids is 1. The number of aliphatic carboxylic acids is 1. The van der Waals surface area contributed by atoms with Crippen LogP contribution in [0.25, 0.3) is 0 Å². The minimum atomic E-state index is -0.711. The lowest BCUT2D eigenvalue weighted by atomic mass is 9.94. The summed E-state index contributed by atoms with van der Waals surface area (Å²) in [7, 11) is 0. The molecule has 0 amide bonds. The van der Waals surface area contributed by atoms with E-state index in [4.69, 9.17) is 5.11 Å². The fraction of sp³-hybridized carbons (Fsp3) is 0.500. The van der Waals surface area contributed by atoms with E-state index in [2.05, 4.69) is 23.5 Å². The molecule has 2 rings (SSSR count). The summed E-state index contributed by atoms with van der Waals surface area (Å²) < 4.78 is 0. The summed E-state index contributed by atoms with van der Waals surface area (Å²) in [5, 5.41) is 12.1. The number of hydrogen-bond acceptors (Lipinski definition) is 2. The van der Waals surface area contributed by atoms with E-state index in [1.807, 2.05) is 6.92 Å². The van der Waals surface area contributed by atoms with Gasteiger partial charge in [0, 0.05) is 18.7 Å². The van der Waals surface area contributed by atoms with Crippen LogP contribution in [0.2, 0.25) is 0 Å². The summed E-state index contributed by atoms with van der Waals surface area (Å²) in [5.41, 5.74) is 3.86. The van der Waals surface area contributed by atoms with Crippen molar-refractivity contribution in [2.24, 2.45) is 5.92 Å². The molecule has 1 unspecified atom stereocenters. The zero-order valence-corrected chi connectivity index (χ0v) is 10.2. The second-order valence-electron chi connectivity index (χ2n) is 4.93. The van der Waals surface area contributed by atoms with Gasteiger partial charge in [-0.1, -0.05) is 19.1 Å². The second-order valence-corrected chi connectivity index (χ2v) is 4.93. The molecule has 0 aliphatic carbocycles. The first-order valence-electron chi connectivity index (χ1n) is 6.22. The highest BCUT2D eigenvalue weighted by Crippen LogP contribution is 2.24. The van der Waals surface area contributed by atoms with E-state index >= 15 is 0 Å². The molecule has 1 aromatic rings. The van der Waals surface area contributed by atoms with E-state index in [1.165, 1.54) is 23.2 Å². The third kappa shape index (κ3) is 3.22. The largest absolute Gasteiger partial charge is 0.481 e. The van der Waals surface area contributed by atoms with Crippen LogP contribution in [0.15, 0.2) is 18.2 Å². The summed E-state index contributed by atoms with van der Waals surface area (Å²) in [5.74, 6) is -0.515. The minimum absolute atomic E-state index is 0.196. The first-order valence-corrected chi connectivity index (χ1v) is 6.22. The molecule has 0 saturated heterocycles. The van der Waals surface area contributed by atoms with E-state index in [-0.39, 0.29) is 12.3 Å². The number of benzene rings is 1. The van der Waals surface area contributed by atoms with Crippen molar-refractivity contribution in [3.63, 3.8) is 0 Å². The number of carboxylic acid groups (broad SMARTS) is 1. The first-order chi connectivity index (χ1) is 8.15. The Kier molecular flexibility index (Phi) is 3.67. The van der Waals surface area contributed by atoms with Crippen molar-refractivity contribution in [2.45, 2.75) is 32.6 Å². The predicted octanol–water partition coefficient (Wildman–Crippen LogP) is 2.70. The van der Waals surface area contributed by atoms with Gasteiger partial charge in [0.25, 0.3) is 0 Å². The van der Waals surface area contributed by atoms with E-state index < -0.39 is 5.97 Å². The Balaban J connectivity index is 2.04. The molecule has 1 aromatic carbocycles. The molecule has 1 aliphatic heterocycles. The van der Waals surface area contributed by atoms with Gasteiger partial charge in [-0.2, -0.15) is 0 Å². The Morgan fingerprint density at radius 2 is 2.35 bits per heavy atom. The summed E-state index contributed by atoms with van der Waals surface area (Å²) in [6.07, 6.45) is 3.40. The van der Waals surface area contributed by atoms with Crippen LogP contribution in [0, 0.1) is 5.92 Å². The standard InChI is InChI=1S/C14H19NO2/c1-10(8-14(16)17)7-11-4-5-13-12(9-11)3-2-6-15-13/h4-5,9-10,15H,2-3,6-8H2,1H3,(H,16,17). The van der Waals surface area contributed by atoms with Crippen LogP contribution in [-0.2, 0) is 17.6 Å². The molecule has 3 heteroatoms. The van der Waals surface area contributed by atoms with Crippen molar-refractivity contribution < 1.29 is 9.90 Å². The molecule has 0 bridgehead atoms. The first kappa shape index (κ1) is 12.0. The van der Waals surface area contributed by atoms with Crippen molar-refractivity contribution in [1.82, 2.24) is 0 Å². The predicted molar refractivity (Wildman–Crippen MR) is 68.4 cm³/mol. The van der Waals surface area contributed by atoms with Crippen molar-refractivity contribution in [3.05, 3.63) is 29.3 Å². The Morgan fingerprint density at radius 1 is 1.53 bits per heavy atom. The molecule has 0 aromatic heterocycles. The molecule has 17 heavy (non-hydrogen) atoms. The third-order valence-electron chi connectivity index (χ3n) is 3.22. The molecule has 92 valence electrons. The number of hydrogen-bond donors (Lipinski definition) is 2. The smallest absolute Gasteiger partial charge is 0.303 e. The summed E-state index contributed by atoms with van der Waals surface area (Å²) in [6.45, 7) is 3.05. The zero-order valence-electron chi connectivity index (χ0n) is 10.2. The lowest BCUT2D eigenvalue weighted by Gasteiger charge is -2.19. The van der Waals surface area contributed by atoms with Gasteiger partial charge in [-0.25, -0.2) is 0 Å². The van der Waals surface area contributed by atoms with Crippen LogP contribution >= 0.6 is 0 Å². The van der Waals surface area contributed by atoms with E-state index in [0.29, 0.717) is 0 Å². The maximum Gasteiger partial charge on any atom is 0.303 e. The Hall–Kier alpha value is -1.51. The van der Waals surface area contributed by atoms with Crippen molar-refractivity contribution >= 4 is 11.7 Å². The summed E-state index contributed by atoms with van der Waals surface area (Å²) in [4.78, 5) is 10.6. The highest BCUT2D eigenvalue weighted by molar-refractivity contribution is 5.67. The van der Waals surface area contributed by atoms with Gasteiger partial charge in [-0.05, 0) is 42.4 Å². The van der Waals surface area contributed by atoms with Crippen LogP contribution in [0.4, 0.5) is 5.69 Å². The molecule has 0 spiro atoms. The average Bonchev–Trinajstić information content (AvgIpc) is 2.27. The van der Waals surface area contributed by atoms with Crippen LogP contribution in [0.5, 0.6) is 0 Å². The number of anilines is 1. The van der Waals surface area contributed by atoms with E-state index in [0.717, 1.165) is 19.4 Å². The van der Waals surface area contributed by atoms with Gasteiger partial charge < -0.3 is 10.4 Å². The molecule has 3 nitrogen and oxygen atoms in total. The normalized spacial score (nSPS) is 15.8. The fourth-order valence-corrected chi connectivity index (χ4v) is 2.43. The molecule has 1 heterocycles. The molecule has 1 atom stereocenters. The maximum atomic E-state index is 10.6. The van der Waals surface area contributed by atoms with Gasteiger partial charge in [-0.3, -0.25) is 4.79 Å². The summed E-state index contributed by atoms with van der Waals surface area (Å²) >= 11 is 0. The molecule has 0 fully saturated rings. The highest BCUT2D eigenvalue weighted by Gasteiger charge is 2.12. The SMILES string of the molecule is CC(CC(=O)O)Cc1ccc2c(c1)CCCN2. The molecule has 0 saturated carbocycles. The van der Waals surface area contributed by atoms with Gasteiger partial charge in [-0.15, -0.1) is 0 Å². The van der Waals surface area contributed by atoms with Gasteiger partial charge in [0.15, 0.2) is 0 Å². The number of fused-ring (bicyclic) bond motifs is 1. The average molecular weight is 233 g/mol. The van der Waals surface area contributed by atoms with Gasteiger partial charge in [0.05, 0.1) is 0 Å². The maximum absolute atomic E-state index is 10.6.